The number of rotatable bonds is 1. The fourth-order valence-electron chi connectivity index (χ4n) is 0.326. The fourth-order valence-corrected chi connectivity index (χ4v) is 0.784. The second-order valence-corrected chi connectivity index (χ2v) is 2.99. The van der Waals surface area contributed by atoms with Gasteiger partial charge in [0.2, 0.25) is 4.61 Å². The topological polar surface area (TPSA) is 4.36 Å². The van der Waals surface area contributed by atoms with Crippen molar-refractivity contribution in [3.8, 4) is 0 Å². The van der Waals surface area contributed by atoms with Crippen LogP contribution in [0.1, 0.15) is 20.8 Å². The molecule has 0 fully saturated rings. The highest BCUT2D eigenvalue weighted by molar-refractivity contribution is 9.11. The second-order valence-electron chi connectivity index (χ2n) is 2.24. The smallest absolute Gasteiger partial charge is 0.226 e. The van der Waals surface area contributed by atoms with Gasteiger partial charge in [-0.05, 0) is 5.92 Å². The first-order valence-corrected chi connectivity index (χ1v) is 3.62. The van der Waals surface area contributed by atoms with Crippen molar-refractivity contribution in [2.75, 3.05) is 0 Å². The highest BCUT2D eigenvalue weighted by atomic mass is 79.9. The van der Waals surface area contributed by atoms with Gasteiger partial charge in [-0.2, -0.15) is 0 Å². The molecule has 0 radical (unpaired) electrons. The lowest BCUT2D eigenvalue weighted by molar-refractivity contribution is 0.768. The molecule has 0 aromatic rings. The van der Waals surface area contributed by atoms with E-state index in [0.29, 0.717) is 10.5 Å². The van der Waals surface area contributed by atoms with Crippen molar-refractivity contribution in [3.05, 3.63) is 21.6 Å². The molecule has 0 heterocycles. The molecule has 0 saturated heterocycles. The zero-order chi connectivity index (χ0) is 7.44. The summed E-state index contributed by atoms with van der Waals surface area (Å²) in [6.45, 7) is 12.8. The lowest BCUT2D eigenvalue weighted by Crippen LogP contribution is -1.88. The van der Waals surface area contributed by atoms with Crippen LogP contribution >= 0.6 is 15.9 Å². The highest BCUT2D eigenvalue weighted by Crippen LogP contribution is 2.19. The maximum absolute atomic E-state index is 6.65. The maximum atomic E-state index is 6.65. The van der Waals surface area contributed by atoms with Crippen molar-refractivity contribution < 1.29 is 0 Å². The number of hydrogen-bond donors (Lipinski definition) is 0. The van der Waals surface area contributed by atoms with Crippen molar-refractivity contribution in [2.24, 2.45) is 5.92 Å². The van der Waals surface area contributed by atoms with E-state index in [1.165, 1.54) is 0 Å². The Kier molecular flexibility index (Phi) is 3.56. The molecule has 0 amide bonds. The summed E-state index contributed by atoms with van der Waals surface area (Å²) in [7, 11) is 0. The van der Waals surface area contributed by atoms with Crippen molar-refractivity contribution >= 4 is 15.9 Å². The van der Waals surface area contributed by atoms with E-state index in [0.717, 1.165) is 5.57 Å². The van der Waals surface area contributed by atoms with Crippen LogP contribution in [0.2, 0.25) is 0 Å². The van der Waals surface area contributed by atoms with E-state index in [1.807, 2.05) is 6.92 Å². The number of halogens is 1. The minimum Gasteiger partial charge on any atom is -0.230 e. The molecule has 0 rings (SSSR count). The van der Waals surface area contributed by atoms with Crippen molar-refractivity contribution in [3.63, 3.8) is 0 Å². The van der Waals surface area contributed by atoms with Crippen LogP contribution in [0.25, 0.3) is 4.85 Å². The summed E-state index contributed by atoms with van der Waals surface area (Å²) in [4.78, 5) is 3.26. The first-order chi connectivity index (χ1) is 4.09. The summed E-state index contributed by atoms with van der Waals surface area (Å²) in [5.74, 6) is 0.466. The molecule has 2 heteroatoms. The average Bonchev–Trinajstić information content (AvgIpc) is 1.84. The van der Waals surface area contributed by atoms with E-state index in [-0.39, 0.29) is 0 Å². The van der Waals surface area contributed by atoms with Gasteiger partial charge in [-0.1, -0.05) is 42.3 Å². The van der Waals surface area contributed by atoms with Crippen molar-refractivity contribution in [1.29, 1.82) is 0 Å². The molecule has 0 aliphatic rings. The van der Waals surface area contributed by atoms with Gasteiger partial charge in [0.25, 0.3) is 0 Å². The quantitative estimate of drug-likeness (QED) is 0.439. The average molecular weight is 188 g/mol. The van der Waals surface area contributed by atoms with Gasteiger partial charge in [-0.15, -0.1) is 0 Å². The normalized spacial score (nSPS) is 12.9. The molecule has 0 aliphatic heterocycles. The summed E-state index contributed by atoms with van der Waals surface area (Å²) in [6, 6.07) is 0. The van der Waals surface area contributed by atoms with Crippen molar-refractivity contribution in [1.82, 2.24) is 0 Å². The molecule has 0 saturated carbocycles. The SMILES string of the molecule is [C-]#[N+]/C(Br)=C(\C)C(C)C. The van der Waals surface area contributed by atoms with Crippen LogP contribution < -0.4 is 0 Å². The molecule has 0 spiro atoms. The van der Waals surface area contributed by atoms with Gasteiger partial charge in [0.05, 0.1) is 6.57 Å². The Bertz CT molecular complexity index is 162. The largest absolute Gasteiger partial charge is 0.230 e. The van der Waals surface area contributed by atoms with Gasteiger partial charge in [0.15, 0.2) is 0 Å². The summed E-state index contributed by atoms with van der Waals surface area (Å²) in [5.41, 5.74) is 1.12. The summed E-state index contributed by atoms with van der Waals surface area (Å²) >= 11 is 3.17. The highest BCUT2D eigenvalue weighted by Gasteiger charge is 2.00. The van der Waals surface area contributed by atoms with E-state index >= 15 is 0 Å². The van der Waals surface area contributed by atoms with Gasteiger partial charge in [-0.25, -0.2) is 4.85 Å². The maximum Gasteiger partial charge on any atom is 0.226 e. The molecule has 0 aromatic carbocycles. The van der Waals surface area contributed by atoms with E-state index < -0.39 is 0 Å². The van der Waals surface area contributed by atoms with Crippen LogP contribution in [0.15, 0.2) is 10.2 Å². The lowest BCUT2D eigenvalue weighted by atomic mass is 10.1. The van der Waals surface area contributed by atoms with E-state index in [9.17, 15) is 0 Å². The first-order valence-electron chi connectivity index (χ1n) is 2.83. The molecule has 1 nitrogen and oxygen atoms in total. The molecule has 0 atom stereocenters. The zero-order valence-corrected chi connectivity index (χ0v) is 7.49. The third-order valence-corrected chi connectivity index (χ3v) is 2.09. The van der Waals surface area contributed by atoms with E-state index in [4.69, 9.17) is 6.57 Å². The molecule has 0 aromatic heterocycles. The second kappa shape index (κ2) is 3.68. The van der Waals surface area contributed by atoms with Crippen LogP contribution in [0, 0.1) is 12.5 Å². The van der Waals surface area contributed by atoms with Gasteiger partial charge in [0.1, 0.15) is 0 Å². The minimum absolute atomic E-state index is 0.466. The Labute approximate surface area is 64.7 Å². The Morgan fingerprint density at radius 2 is 2.00 bits per heavy atom. The van der Waals surface area contributed by atoms with Crippen LogP contribution in [-0.4, -0.2) is 0 Å². The standard InChI is InChI=1S/C7H10BrN/c1-5(2)6(3)7(8)9-4/h5H,1-3H3/b7-6+. The zero-order valence-electron chi connectivity index (χ0n) is 5.90. The predicted molar refractivity (Wildman–Crippen MR) is 43.1 cm³/mol. The number of hydrogen-bond acceptors (Lipinski definition) is 0. The van der Waals surface area contributed by atoms with Crippen molar-refractivity contribution in [2.45, 2.75) is 20.8 Å². The first kappa shape index (κ1) is 8.71. The predicted octanol–water partition coefficient (Wildman–Crippen LogP) is 3.19. The van der Waals surface area contributed by atoms with Crippen LogP contribution in [0.4, 0.5) is 0 Å². The number of allylic oxidation sites excluding steroid dienone is 1. The molecule has 0 unspecified atom stereocenters. The summed E-state index contributed by atoms with van der Waals surface area (Å²) < 4.78 is 0.650. The molecule has 50 valence electrons. The Morgan fingerprint density at radius 1 is 1.56 bits per heavy atom. The molecule has 9 heavy (non-hydrogen) atoms. The van der Waals surface area contributed by atoms with Crippen LogP contribution in [-0.2, 0) is 0 Å². The Balaban J connectivity index is 4.34. The Hall–Kier alpha value is -0.290. The Morgan fingerprint density at radius 3 is 2.11 bits per heavy atom. The van der Waals surface area contributed by atoms with Gasteiger partial charge in [-0.3, -0.25) is 0 Å². The third kappa shape index (κ3) is 2.67. The molecule has 0 N–H and O–H groups in total. The van der Waals surface area contributed by atoms with Gasteiger partial charge >= 0.3 is 0 Å². The molecular formula is C7H10BrN. The third-order valence-electron chi connectivity index (χ3n) is 1.29. The molecule has 0 bridgehead atoms. The molecular weight excluding hydrogens is 178 g/mol. The minimum atomic E-state index is 0.466. The number of nitrogens with zero attached hydrogens (tertiary/aromatic N) is 1. The summed E-state index contributed by atoms with van der Waals surface area (Å²) in [5, 5.41) is 0. The fraction of sp³-hybridized carbons (Fsp3) is 0.571. The van der Waals surface area contributed by atoms with Gasteiger partial charge in [0, 0.05) is 0 Å². The van der Waals surface area contributed by atoms with Gasteiger partial charge < -0.3 is 0 Å². The van der Waals surface area contributed by atoms with E-state index in [2.05, 4.69) is 34.6 Å². The van der Waals surface area contributed by atoms with E-state index in [1.54, 1.807) is 0 Å². The van der Waals surface area contributed by atoms with Crippen LogP contribution in [0.3, 0.4) is 0 Å². The molecule has 0 aliphatic carbocycles. The summed E-state index contributed by atoms with van der Waals surface area (Å²) in [6.07, 6.45) is 0. The van der Waals surface area contributed by atoms with Crippen LogP contribution in [0.5, 0.6) is 0 Å². The lowest BCUT2D eigenvalue weighted by Gasteiger charge is -2.03. The monoisotopic (exact) mass is 187 g/mol.